The van der Waals surface area contributed by atoms with Crippen LogP contribution in [0.4, 0.5) is 0 Å². The first-order valence-corrected chi connectivity index (χ1v) is 13.8. The van der Waals surface area contributed by atoms with Gasteiger partial charge in [-0.3, -0.25) is 0 Å². The van der Waals surface area contributed by atoms with E-state index in [-0.39, 0.29) is 0 Å². The van der Waals surface area contributed by atoms with E-state index in [4.69, 9.17) is 13.6 Å². The van der Waals surface area contributed by atoms with E-state index in [2.05, 4.69) is 51.9 Å². The number of ether oxygens (including phenoxy) is 1. The van der Waals surface area contributed by atoms with Gasteiger partial charge in [-0.15, -0.1) is 6.58 Å². The highest BCUT2D eigenvalue weighted by atomic mass is 28.4. The van der Waals surface area contributed by atoms with Crippen LogP contribution >= 0.6 is 0 Å². The molecule has 0 heterocycles. The van der Waals surface area contributed by atoms with Gasteiger partial charge in [-0.2, -0.15) is 0 Å². The van der Waals surface area contributed by atoms with Crippen LogP contribution in [0.15, 0.2) is 36.5 Å². The molecule has 0 aliphatic heterocycles. The van der Waals surface area contributed by atoms with Gasteiger partial charge in [0.1, 0.15) is 5.76 Å². The molecule has 0 atom stereocenters. The summed E-state index contributed by atoms with van der Waals surface area (Å²) in [6, 6.07) is 0. The van der Waals surface area contributed by atoms with Crippen molar-refractivity contribution in [3.63, 3.8) is 0 Å². The third-order valence-electron chi connectivity index (χ3n) is 2.01. The highest BCUT2D eigenvalue weighted by Gasteiger charge is 2.20. The Hall–Kier alpha value is -0.946. The number of unbranched alkanes of at least 4 members (excludes halogenated alkanes) is 1. The molecule has 0 unspecified atom stereocenters. The average Bonchev–Trinajstić information content (AvgIpc) is 2.24. The highest BCUT2D eigenvalue weighted by Crippen LogP contribution is 2.18. The Morgan fingerprint density at radius 3 is 1.90 bits per heavy atom. The molecule has 0 bridgehead atoms. The summed E-state index contributed by atoms with van der Waals surface area (Å²) in [4.78, 5) is 0. The second kappa shape index (κ2) is 8.36. The van der Waals surface area contributed by atoms with Gasteiger partial charge < -0.3 is 13.6 Å². The zero-order valence-corrected chi connectivity index (χ0v) is 16.1. The van der Waals surface area contributed by atoms with Crippen molar-refractivity contribution in [3.8, 4) is 0 Å². The fourth-order valence-corrected chi connectivity index (χ4v) is 2.97. The summed E-state index contributed by atoms with van der Waals surface area (Å²) in [6.45, 7) is 16.6. The van der Waals surface area contributed by atoms with Gasteiger partial charge in [0.2, 0.25) is 16.6 Å². The molecule has 20 heavy (non-hydrogen) atoms. The predicted octanol–water partition coefficient (Wildman–Crippen LogP) is 5.03. The Morgan fingerprint density at radius 2 is 1.50 bits per heavy atom. The number of methoxy groups -OCH3 is 1. The largest absolute Gasteiger partial charge is 0.544 e. The molecule has 0 amide bonds. The maximum absolute atomic E-state index is 6.08. The van der Waals surface area contributed by atoms with Crippen LogP contribution in [-0.4, -0.2) is 23.7 Å². The minimum absolute atomic E-state index is 0.535. The Kier molecular flexibility index (Phi) is 7.97. The topological polar surface area (TPSA) is 27.7 Å². The quantitative estimate of drug-likeness (QED) is 0.196. The van der Waals surface area contributed by atoms with Gasteiger partial charge in [-0.1, -0.05) is 6.08 Å². The van der Waals surface area contributed by atoms with Crippen LogP contribution < -0.4 is 0 Å². The second-order valence-electron chi connectivity index (χ2n) is 6.57. The Labute approximate surface area is 126 Å². The molecule has 0 aliphatic rings. The summed E-state index contributed by atoms with van der Waals surface area (Å²) in [7, 11) is -1.72. The molecule has 0 saturated carbocycles. The number of allylic oxidation sites excluding steroid dienone is 3. The molecule has 116 valence electrons. The molecule has 5 heteroatoms. The number of rotatable bonds is 9. The van der Waals surface area contributed by atoms with Gasteiger partial charge >= 0.3 is 0 Å². The first-order chi connectivity index (χ1) is 9.07. The van der Waals surface area contributed by atoms with Gasteiger partial charge in [0, 0.05) is 0 Å². The molecule has 0 aromatic carbocycles. The summed E-state index contributed by atoms with van der Waals surface area (Å²) >= 11 is 0. The SMILES string of the molecule is C=CCC/C=C(/C=C(\OC)O[Si](C)(C)C)O[Si](C)(C)C. The fourth-order valence-electron chi connectivity index (χ4n) is 1.38. The van der Waals surface area contributed by atoms with Crippen LogP contribution in [0.2, 0.25) is 39.3 Å². The lowest BCUT2D eigenvalue weighted by molar-refractivity contribution is 0.145. The lowest BCUT2D eigenvalue weighted by Gasteiger charge is -2.23. The average molecular weight is 315 g/mol. The fraction of sp³-hybridized carbons (Fsp3) is 0.600. The smallest absolute Gasteiger partial charge is 0.268 e. The monoisotopic (exact) mass is 314 g/mol. The van der Waals surface area contributed by atoms with E-state index < -0.39 is 16.6 Å². The van der Waals surface area contributed by atoms with E-state index in [1.165, 1.54) is 0 Å². The molecule has 0 aromatic heterocycles. The summed E-state index contributed by atoms with van der Waals surface area (Å²) < 4.78 is 17.3. The van der Waals surface area contributed by atoms with Crippen molar-refractivity contribution in [1.29, 1.82) is 0 Å². The van der Waals surface area contributed by atoms with Crippen LogP contribution in [-0.2, 0) is 13.6 Å². The van der Waals surface area contributed by atoms with Crippen molar-refractivity contribution in [2.75, 3.05) is 7.11 Å². The van der Waals surface area contributed by atoms with Crippen molar-refractivity contribution in [2.45, 2.75) is 52.1 Å². The molecule has 0 fully saturated rings. The van der Waals surface area contributed by atoms with Crippen LogP contribution in [0, 0.1) is 0 Å². The van der Waals surface area contributed by atoms with Crippen molar-refractivity contribution in [2.24, 2.45) is 0 Å². The zero-order valence-electron chi connectivity index (χ0n) is 14.1. The summed E-state index contributed by atoms with van der Waals surface area (Å²) in [5.74, 6) is 1.37. The third-order valence-corrected chi connectivity index (χ3v) is 3.67. The van der Waals surface area contributed by atoms with Gasteiger partial charge in [0.15, 0.2) is 0 Å². The summed E-state index contributed by atoms with van der Waals surface area (Å²) in [5.41, 5.74) is 0. The van der Waals surface area contributed by atoms with E-state index in [9.17, 15) is 0 Å². The molecule has 3 nitrogen and oxygen atoms in total. The summed E-state index contributed by atoms with van der Waals surface area (Å²) in [5, 5.41) is 0. The van der Waals surface area contributed by atoms with Gasteiger partial charge in [-0.05, 0) is 58.2 Å². The van der Waals surface area contributed by atoms with Crippen molar-refractivity contribution >= 4 is 16.6 Å². The first-order valence-electron chi connectivity index (χ1n) is 7.02. The third kappa shape index (κ3) is 10.9. The number of hydrogen-bond donors (Lipinski definition) is 0. The molecule has 0 N–H and O–H groups in total. The minimum Gasteiger partial charge on any atom is -0.544 e. The maximum atomic E-state index is 6.08. The second-order valence-corrected chi connectivity index (χ2v) is 15.4. The molecular formula is C15H30O3Si2. The van der Waals surface area contributed by atoms with E-state index >= 15 is 0 Å². The van der Waals surface area contributed by atoms with Crippen molar-refractivity contribution < 1.29 is 13.6 Å². The Balaban J connectivity index is 5.08. The maximum Gasteiger partial charge on any atom is 0.268 e. The predicted molar refractivity (Wildman–Crippen MR) is 91.5 cm³/mol. The van der Waals surface area contributed by atoms with Gasteiger partial charge in [-0.25, -0.2) is 0 Å². The lowest BCUT2D eigenvalue weighted by Crippen LogP contribution is -2.26. The molecule has 0 aliphatic carbocycles. The van der Waals surface area contributed by atoms with Crippen molar-refractivity contribution in [1.82, 2.24) is 0 Å². The molecular weight excluding hydrogens is 284 g/mol. The van der Waals surface area contributed by atoms with E-state index in [1.807, 2.05) is 12.2 Å². The van der Waals surface area contributed by atoms with Crippen LogP contribution in [0.25, 0.3) is 0 Å². The van der Waals surface area contributed by atoms with Crippen LogP contribution in [0.5, 0.6) is 0 Å². The van der Waals surface area contributed by atoms with Gasteiger partial charge in [0.05, 0.1) is 13.2 Å². The molecule has 0 saturated heterocycles. The molecule has 0 aromatic rings. The number of hydrogen-bond acceptors (Lipinski definition) is 3. The molecule has 0 spiro atoms. The van der Waals surface area contributed by atoms with E-state index in [0.717, 1.165) is 18.6 Å². The highest BCUT2D eigenvalue weighted by molar-refractivity contribution is 6.70. The molecule has 0 radical (unpaired) electrons. The molecule has 0 rings (SSSR count). The lowest BCUT2D eigenvalue weighted by atomic mass is 10.2. The minimum atomic E-state index is -1.69. The van der Waals surface area contributed by atoms with E-state index in [0.29, 0.717) is 5.95 Å². The standard InChI is InChI=1S/C15H30O3Si2/c1-9-10-11-12-14(17-19(3,4)5)13-15(16-2)18-20(6,7)8/h9,12-13H,1,10-11H2,2-8H3/b14-12-,15-13+. The van der Waals surface area contributed by atoms with Gasteiger partial charge in [0.25, 0.3) is 5.95 Å². The van der Waals surface area contributed by atoms with Crippen LogP contribution in [0.3, 0.4) is 0 Å². The normalized spacial score (nSPS) is 13.9. The first kappa shape index (κ1) is 19.1. The summed E-state index contributed by atoms with van der Waals surface area (Å²) in [6.07, 6.45) is 7.68. The Morgan fingerprint density at radius 1 is 0.950 bits per heavy atom. The van der Waals surface area contributed by atoms with Crippen LogP contribution in [0.1, 0.15) is 12.8 Å². The Bertz CT molecular complexity index is 360. The zero-order chi connectivity index (χ0) is 15.8. The van der Waals surface area contributed by atoms with Crippen molar-refractivity contribution in [3.05, 3.63) is 36.5 Å². The van der Waals surface area contributed by atoms with E-state index in [1.54, 1.807) is 7.11 Å².